The van der Waals surface area contributed by atoms with Gasteiger partial charge in [0.05, 0.1) is 0 Å². The van der Waals surface area contributed by atoms with Crippen LogP contribution in [-0.2, 0) is 9.84 Å². The summed E-state index contributed by atoms with van der Waals surface area (Å²) in [5, 5.41) is 1.17. The monoisotopic (exact) mass is 299 g/mol. The molecule has 3 rings (SSSR count). The second-order valence-electron chi connectivity index (χ2n) is 4.98. The third kappa shape index (κ3) is 2.23. The molecule has 1 aliphatic rings. The molecule has 102 valence electrons. The van der Waals surface area contributed by atoms with Crippen molar-refractivity contribution in [2.45, 2.75) is 36.8 Å². The first-order chi connectivity index (χ1) is 8.97. The van der Waals surface area contributed by atoms with Crippen molar-refractivity contribution >= 4 is 32.5 Å². The first-order valence-electron chi connectivity index (χ1n) is 6.20. The summed E-state index contributed by atoms with van der Waals surface area (Å²) in [5.41, 5.74) is 0.618. The highest BCUT2D eigenvalue weighted by molar-refractivity contribution is 7.90. The summed E-state index contributed by atoms with van der Waals surface area (Å²) >= 11 is 5.84. The number of fused-ring (bicyclic) bond motifs is 1. The van der Waals surface area contributed by atoms with Gasteiger partial charge in [-0.25, -0.2) is 13.4 Å². The van der Waals surface area contributed by atoms with E-state index in [1.807, 2.05) is 4.57 Å². The number of hydrogen-bond acceptors (Lipinski definition) is 4. The van der Waals surface area contributed by atoms with Gasteiger partial charge in [0, 0.05) is 23.9 Å². The van der Waals surface area contributed by atoms with E-state index in [9.17, 15) is 8.42 Å². The molecule has 0 N–H and O–H groups in total. The van der Waals surface area contributed by atoms with Crippen LogP contribution in [-0.4, -0.2) is 29.2 Å². The highest BCUT2D eigenvalue weighted by Crippen LogP contribution is 2.35. The van der Waals surface area contributed by atoms with Crippen LogP contribution in [0.3, 0.4) is 0 Å². The molecule has 0 aromatic carbocycles. The lowest BCUT2D eigenvalue weighted by atomic mass is 10.2. The van der Waals surface area contributed by atoms with Gasteiger partial charge in [0.2, 0.25) is 5.28 Å². The number of rotatable bonds is 2. The Balaban J connectivity index is 2.32. The third-order valence-corrected chi connectivity index (χ3v) is 4.84. The van der Waals surface area contributed by atoms with Crippen LogP contribution in [0.1, 0.15) is 31.7 Å². The van der Waals surface area contributed by atoms with E-state index in [1.54, 1.807) is 12.3 Å². The molecule has 0 atom stereocenters. The van der Waals surface area contributed by atoms with E-state index in [0.29, 0.717) is 10.7 Å². The lowest BCUT2D eigenvalue weighted by Crippen LogP contribution is -2.12. The maximum atomic E-state index is 12.0. The normalized spacial score (nSPS) is 17.4. The van der Waals surface area contributed by atoms with Crippen LogP contribution in [0.2, 0.25) is 5.28 Å². The SMILES string of the molecule is CS(=O)(=O)c1cc2cnc(Cl)nc2n1C1CCCC1. The molecule has 0 spiro atoms. The Morgan fingerprint density at radius 2 is 2.05 bits per heavy atom. The minimum atomic E-state index is -3.29. The lowest BCUT2D eigenvalue weighted by molar-refractivity contribution is 0.489. The summed E-state index contributed by atoms with van der Waals surface area (Å²) < 4.78 is 25.8. The van der Waals surface area contributed by atoms with Crippen molar-refractivity contribution in [1.29, 1.82) is 0 Å². The van der Waals surface area contributed by atoms with Gasteiger partial charge in [0.25, 0.3) is 0 Å². The van der Waals surface area contributed by atoms with Gasteiger partial charge in [0.15, 0.2) is 9.84 Å². The van der Waals surface area contributed by atoms with Crippen molar-refractivity contribution in [2.75, 3.05) is 6.26 Å². The van der Waals surface area contributed by atoms with Gasteiger partial charge in [-0.05, 0) is 30.5 Å². The van der Waals surface area contributed by atoms with Gasteiger partial charge in [0.1, 0.15) is 10.7 Å². The Morgan fingerprint density at radius 1 is 1.37 bits per heavy atom. The van der Waals surface area contributed by atoms with E-state index in [4.69, 9.17) is 11.6 Å². The predicted molar refractivity (Wildman–Crippen MR) is 73.2 cm³/mol. The average Bonchev–Trinajstić information content (AvgIpc) is 2.92. The summed E-state index contributed by atoms with van der Waals surface area (Å²) in [6, 6.07) is 1.83. The van der Waals surface area contributed by atoms with Gasteiger partial charge in [-0.3, -0.25) is 0 Å². The van der Waals surface area contributed by atoms with Crippen molar-refractivity contribution in [1.82, 2.24) is 14.5 Å². The zero-order valence-corrected chi connectivity index (χ0v) is 12.1. The van der Waals surface area contributed by atoms with E-state index in [1.165, 1.54) is 6.26 Å². The number of hydrogen-bond donors (Lipinski definition) is 0. The van der Waals surface area contributed by atoms with Crippen molar-refractivity contribution in [2.24, 2.45) is 0 Å². The molecular weight excluding hydrogens is 286 g/mol. The average molecular weight is 300 g/mol. The fourth-order valence-electron chi connectivity index (χ4n) is 2.76. The van der Waals surface area contributed by atoms with Gasteiger partial charge in [-0.1, -0.05) is 12.8 Å². The summed E-state index contributed by atoms with van der Waals surface area (Å²) in [6.07, 6.45) is 6.99. The summed E-state index contributed by atoms with van der Waals surface area (Å²) in [5.74, 6) is 0. The molecular formula is C12H14ClN3O2S. The fourth-order valence-corrected chi connectivity index (χ4v) is 3.83. The molecule has 0 saturated heterocycles. The number of sulfone groups is 1. The van der Waals surface area contributed by atoms with Gasteiger partial charge < -0.3 is 4.57 Å². The first kappa shape index (κ1) is 12.9. The largest absolute Gasteiger partial charge is 0.313 e. The topological polar surface area (TPSA) is 64.8 Å². The smallest absolute Gasteiger partial charge is 0.224 e. The fraction of sp³-hybridized carbons (Fsp3) is 0.500. The molecule has 0 amide bonds. The lowest BCUT2D eigenvalue weighted by Gasteiger charge is -2.15. The van der Waals surface area contributed by atoms with E-state index in [2.05, 4.69) is 9.97 Å². The molecule has 19 heavy (non-hydrogen) atoms. The maximum absolute atomic E-state index is 12.0. The van der Waals surface area contributed by atoms with Gasteiger partial charge >= 0.3 is 0 Å². The van der Waals surface area contributed by atoms with Crippen LogP contribution in [0, 0.1) is 0 Å². The second kappa shape index (κ2) is 4.45. The van der Waals surface area contributed by atoms with E-state index in [-0.39, 0.29) is 11.3 Å². The van der Waals surface area contributed by atoms with Crippen LogP contribution in [0.25, 0.3) is 11.0 Å². The van der Waals surface area contributed by atoms with E-state index in [0.717, 1.165) is 31.1 Å². The molecule has 0 radical (unpaired) electrons. The predicted octanol–water partition coefficient (Wildman–Crippen LogP) is 2.60. The molecule has 0 bridgehead atoms. The Morgan fingerprint density at radius 3 is 2.68 bits per heavy atom. The molecule has 2 aromatic heterocycles. The van der Waals surface area contributed by atoms with Crippen molar-refractivity contribution in [3.8, 4) is 0 Å². The Labute approximate surface area is 116 Å². The molecule has 0 aliphatic heterocycles. The summed E-state index contributed by atoms with van der Waals surface area (Å²) in [7, 11) is -3.29. The zero-order valence-electron chi connectivity index (χ0n) is 10.5. The molecule has 7 heteroatoms. The Hall–Kier alpha value is -1.14. The number of nitrogens with zero attached hydrogens (tertiary/aromatic N) is 3. The van der Waals surface area contributed by atoms with Gasteiger partial charge in [-0.15, -0.1) is 0 Å². The maximum Gasteiger partial charge on any atom is 0.224 e. The minimum absolute atomic E-state index is 0.143. The van der Waals surface area contributed by atoms with Gasteiger partial charge in [-0.2, -0.15) is 4.98 Å². The standard InChI is InChI=1S/C12H14ClN3O2S/c1-19(17,18)10-6-8-7-14-12(13)15-11(8)16(10)9-4-2-3-5-9/h6-7,9H,2-5H2,1H3. The molecule has 1 aliphatic carbocycles. The first-order valence-corrected chi connectivity index (χ1v) is 8.47. The quantitative estimate of drug-likeness (QED) is 0.800. The van der Waals surface area contributed by atoms with E-state index >= 15 is 0 Å². The molecule has 0 unspecified atom stereocenters. The van der Waals surface area contributed by atoms with Crippen molar-refractivity contribution in [3.63, 3.8) is 0 Å². The van der Waals surface area contributed by atoms with E-state index < -0.39 is 9.84 Å². The zero-order chi connectivity index (χ0) is 13.6. The highest BCUT2D eigenvalue weighted by Gasteiger charge is 2.26. The Kier molecular flexibility index (Phi) is 3.02. The van der Waals surface area contributed by atoms with Crippen LogP contribution in [0.15, 0.2) is 17.3 Å². The molecule has 2 heterocycles. The number of halogens is 1. The molecule has 2 aromatic rings. The molecule has 5 nitrogen and oxygen atoms in total. The van der Waals surface area contributed by atoms with Crippen molar-refractivity contribution in [3.05, 3.63) is 17.5 Å². The van der Waals surface area contributed by atoms with Crippen LogP contribution >= 0.6 is 11.6 Å². The van der Waals surface area contributed by atoms with Crippen LogP contribution in [0.5, 0.6) is 0 Å². The highest BCUT2D eigenvalue weighted by atomic mass is 35.5. The summed E-state index contributed by atoms with van der Waals surface area (Å²) in [6.45, 7) is 0. The van der Waals surface area contributed by atoms with Crippen LogP contribution in [0.4, 0.5) is 0 Å². The van der Waals surface area contributed by atoms with Crippen LogP contribution < -0.4 is 0 Å². The summed E-state index contributed by atoms with van der Waals surface area (Å²) in [4.78, 5) is 8.12. The molecule has 1 saturated carbocycles. The third-order valence-electron chi connectivity index (χ3n) is 3.58. The number of aromatic nitrogens is 3. The Bertz CT molecular complexity index is 733. The second-order valence-corrected chi connectivity index (χ2v) is 7.28. The molecule has 1 fully saturated rings. The minimum Gasteiger partial charge on any atom is -0.313 e. The van der Waals surface area contributed by atoms with Crippen molar-refractivity contribution < 1.29 is 8.42 Å².